The fraction of sp³-hybridized carbons (Fsp3) is 0.100. The minimum Gasteiger partial charge on any atom is -0.207 e. The van der Waals surface area contributed by atoms with Crippen molar-refractivity contribution in [1.82, 2.24) is 9.19 Å². The molecule has 1 aromatic carbocycles. The number of halogens is 3. The lowest BCUT2D eigenvalue weighted by Gasteiger charge is -2.00. The molecule has 0 aliphatic rings. The van der Waals surface area contributed by atoms with E-state index in [0.717, 1.165) is 9.65 Å². The zero-order valence-electron chi connectivity index (χ0n) is 8.25. The SMILES string of the molecule is Cc1cc(-c2nn(SF)cc2Br)ccc1F. The lowest BCUT2D eigenvalue weighted by Crippen LogP contribution is -1.87. The lowest BCUT2D eigenvalue weighted by atomic mass is 10.1. The van der Waals surface area contributed by atoms with Gasteiger partial charge in [0.15, 0.2) is 12.3 Å². The molecular weight excluding hydrogens is 298 g/mol. The Morgan fingerprint density at radius 1 is 1.44 bits per heavy atom. The van der Waals surface area contributed by atoms with Crippen LogP contribution in [0.25, 0.3) is 11.3 Å². The molecule has 16 heavy (non-hydrogen) atoms. The van der Waals surface area contributed by atoms with Gasteiger partial charge >= 0.3 is 0 Å². The summed E-state index contributed by atoms with van der Waals surface area (Å²) in [6.45, 7) is 1.67. The van der Waals surface area contributed by atoms with Crippen LogP contribution in [-0.4, -0.2) is 9.19 Å². The summed E-state index contributed by atoms with van der Waals surface area (Å²) < 4.78 is 27.2. The molecule has 0 atom stereocenters. The summed E-state index contributed by atoms with van der Waals surface area (Å²) in [5.41, 5.74) is 1.87. The van der Waals surface area contributed by atoms with Gasteiger partial charge in [0.25, 0.3) is 0 Å². The van der Waals surface area contributed by atoms with E-state index < -0.39 is 0 Å². The first-order valence-electron chi connectivity index (χ1n) is 4.42. The molecule has 1 heterocycles. The Hall–Kier alpha value is -0.880. The Bertz CT molecular complexity index is 528. The van der Waals surface area contributed by atoms with Crippen LogP contribution in [0.3, 0.4) is 0 Å². The van der Waals surface area contributed by atoms with Crippen LogP contribution >= 0.6 is 28.3 Å². The second kappa shape index (κ2) is 4.55. The maximum atomic E-state index is 13.1. The van der Waals surface area contributed by atoms with E-state index in [1.54, 1.807) is 19.1 Å². The summed E-state index contributed by atoms with van der Waals surface area (Å²) in [5, 5.41) is 4.00. The van der Waals surface area contributed by atoms with Gasteiger partial charge in [-0.05, 0) is 46.6 Å². The van der Waals surface area contributed by atoms with Gasteiger partial charge in [-0.15, -0.1) is 3.89 Å². The molecule has 0 aliphatic carbocycles. The van der Waals surface area contributed by atoms with E-state index in [2.05, 4.69) is 21.0 Å². The second-order valence-corrected chi connectivity index (χ2v) is 4.63. The molecule has 84 valence electrons. The van der Waals surface area contributed by atoms with Gasteiger partial charge in [-0.25, -0.2) is 4.39 Å². The van der Waals surface area contributed by atoms with Crippen LogP contribution in [0.1, 0.15) is 5.56 Å². The average Bonchev–Trinajstić information content (AvgIpc) is 2.64. The highest BCUT2D eigenvalue weighted by Gasteiger charge is 2.10. The number of nitrogens with zero attached hydrogens (tertiary/aromatic N) is 2. The van der Waals surface area contributed by atoms with Gasteiger partial charge in [0.05, 0.1) is 10.7 Å². The highest BCUT2D eigenvalue weighted by molar-refractivity contribution is 9.10. The molecule has 1 aromatic heterocycles. The van der Waals surface area contributed by atoms with E-state index in [4.69, 9.17) is 0 Å². The van der Waals surface area contributed by atoms with E-state index in [1.807, 2.05) is 0 Å². The summed E-state index contributed by atoms with van der Waals surface area (Å²) >= 11 is 3.29. The standard InChI is InChI=1S/C10H7BrF2N2S/c1-6-4-7(2-3-9(6)12)10-8(11)5-15(14-10)16-13/h2-5H,1H3. The number of hydrogen-bond donors (Lipinski definition) is 0. The molecule has 2 aromatic rings. The lowest BCUT2D eigenvalue weighted by molar-refractivity contribution is 0.618. The fourth-order valence-electron chi connectivity index (χ4n) is 1.36. The normalized spacial score (nSPS) is 10.8. The number of rotatable bonds is 2. The Morgan fingerprint density at radius 2 is 2.19 bits per heavy atom. The molecule has 0 amide bonds. The molecule has 6 heteroatoms. The largest absolute Gasteiger partial charge is 0.207 e. The topological polar surface area (TPSA) is 17.8 Å². The van der Waals surface area contributed by atoms with Gasteiger partial charge in [0, 0.05) is 5.56 Å². The summed E-state index contributed by atoms with van der Waals surface area (Å²) in [6.07, 6.45) is 1.51. The third-order valence-electron chi connectivity index (χ3n) is 2.15. The predicted octanol–water partition coefficient (Wildman–Crippen LogP) is 4.14. The summed E-state index contributed by atoms with van der Waals surface area (Å²) in [4.78, 5) is 0. The summed E-state index contributed by atoms with van der Waals surface area (Å²) in [5.74, 6) is -0.265. The zero-order valence-corrected chi connectivity index (χ0v) is 10.6. The van der Waals surface area contributed by atoms with E-state index in [9.17, 15) is 8.28 Å². The van der Waals surface area contributed by atoms with Crippen LogP contribution in [-0.2, 0) is 0 Å². The minimum atomic E-state index is -0.265. The molecule has 0 unspecified atom stereocenters. The summed E-state index contributed by atoms with van der Waals surface area (Å²) in [6, 6.07) is 4.66. The van der Waals surface area contributed by atoms with E-state index in [1.165, 1.54) is 12.3 Å². The van der Waals surface area contributed by atoms with Crippen LogP contribution in [0.4, 0.5) is 8.28 Å². The molecule has 2 nitrogen and oxygen atoms in total. The van der Waals surface area contributed by atoms with Crippen molar-refractivity contribution in [3.05, 3.63) is 40.2 Å². The molecule has 0 fully saturated rings. The van der Waals surface area contributed by atoms with Crippen LogP contribution in [0.2, 0.25) is 0 Å². The Kier molecular flexibility index (Phi) is 3.30. The van der Waals surface area contributed by atoms with Crippen molar-refractivity contribution in [1.29, 1.82) is 0 Å². The van der Waals surface area contributed by atoms with Crippen molar-refractivity contribution in [2.24, 2.45) is 0 Å². The van der Waals surface area contributed by atoms with Crippen LogP contribution in [0.5, 0.6) is 0 Å². The Labute approximate surface area is 104 Å². The first-order valence-corrected chi connectivity index (χ1v) is 5.89. The molecule has 0 aliphatic heterocycles. The molecular formula is C10H7BrF2N2S. The first kappa shape index (κ1) is 11.6. The van der Waals surface area contributed by atoms with Crippen molar-refractivity contribution in [2.75, 3.05) is 0 Å². The van der Waals surface area contributed by atoms with Crippen molar-refractivity contribution >= 4 is 28.3 Å². The quantitative estimate of drug-likeness (QED) is 0.830. The van der Waals surface area contributed by atoms with Crippen molar-refractivity contribution in [3.63, 3.8) is 0 Å². The van der Waals surface area contributed by atoms with Gasteiger partial charge < -0.3 is 0 Å². The van der Waals surface area contributed by atoms with Gasteiger partial charge in [-0.3, -0.25) is 0 Å². The maximum absolute atomic E-state index is 13.1. The predicted molar refractivity (Wildman–Crippen MR) is 64.2 cm³/mol. The smallest absolute Gasteiger partial charge is 0.187 e. The number of aromatic nitrogens is 2. The maximum Gasteiger partial charge on any atom is 0.187 e. The van der Waals surface area contributed by atoms with Crippen molar-refractivity contribution < 1.29 is 8.28 Å². The average molecular weight is 305 g/mol. The van der Waals surface area contributed by atoms with Crippen LogP contribution < -0.4 is 0 Å². The molecule has 2 rings (SSSR count). The van der Waals surface area contributed by atoms with E-state index in [0.29, 0.717) is 15.7 Å². The summed E-state index contributed by atoms with van der Waals surface area (Å²) in [7, 11) is 0. The van der Waals surface area contributed by atoms with Gasteiger partial charge in [0.1, 0.15) is 11.5 Å². The molecule has 0 N–H and O–H groups in total. The number of benzene rings is 1. The molecule has 0 spiro atoms. The Balaban J connectivity index is 2.49. The van der Waals surface area contributed by atoms with E-state index in [-0.39, 0.29) is 18.2 Å². The molecule has 0 saturated carbocycles. The Morgan fingerprint density at radius 3 is 2.75 bits per heavy atom. The van der Waals surface area contributed by atoms with Gasteiger partial charge in [-0.2, -0.15) is 9.19 Å². The monoisotopic (exact) mass is 304 g/mol. The molecule has 0 saturated heterocycles. The third kappa shape index (κ3) is 2.12. The fourth-order valence-corrected chi connectivity index (χ4v) is 2.25. The second-order valence-electron chi connectivity index (χ2n) is 3.26. The van der Waals surface area contributed by atoms with Crippen molar-refractivity contribution in [3.8, 4) is 11.3 Å². The molecule has 0 radical (unpaired) electrons. The van der Waals surface area contributed by atoms with Crippen LogP contribution in [0.15, 0.2) is 28.9 Å². The highest BCUT2D eigenvalue weighted by Crippen LogP contribution is 2.29. The van der Waals surface area contributed by atoms with Crippen LogP contribution in [0, 0.1) is 12.7 Å². The number of hydrogen-bond acceptors (Lipinski definition) is 2. The number of aryl methyl sites for hydroxylation is 1. The highest BCUT2D eigenvalue weighted by atomic mass is 79.9. The van der Waals surface area contributed by atoms with Gasteiger partial charge in [0.2, 0.25) is 0 Å². The zero-order chi connectivity index (χ0) is 11.7. The first-order chi connectivity index (χ1) is 7.61. The van der Waals surface area contributed by atoms with E-state index >= 15 is 0 Å². The third-order valence-corrected chi connectivity index (χ3v) is 3.06. The van der Waals surface area contributed by atoms with Gasteiger partial charge in [-0.1, -0.05) is 0 Å². The minimum absolute atomic E-state index is 0.00729. The molecule has 0 bridgehead atoms. The van der Waals surface area contributed by atoms with Crippen molar-refractivity contribution in [2.45, 2.75) is 6.92 Å².